The quantitative estimate of drug-likeness (QED) is 0.727. The van der Waals surface area contributed by atoms with Crippen molar-refractivity contribution in [2.24, 2.45) is 17.6 Å². The Morgan fingerprint density at radius 1 is 1.00 bits per heavy atom. The highest BCUT2D eigenvalue weighted by Gasteiger charge is 2.32. The Labute approximate surface area is 114 Å². The molecule has 2 nitrogen and oxygen atoms in total. The van der Waals surface area contributed by atoms with E-state index in [1.165, 1.54) is 44.9 Å². The molecule has 18 heavy (non-hydrogen) atoms. The molecule has 0 heterocycles. The van der Waals surface area contributed by atoms with Crippen molar-refractivity contribution < 1.29 is 0 Å². The molecule has 0 bridgehead atoms. The van der Waals surface area contributed by atoms with Crippen molar-refractivity contribution in [2.75, 3.05) is 6.54 Å². The number of hydrogen-bond acceptors (Lipinski definition) is 2. The van der Waals surface area contributed by atoms with Gasteiger partial charge >= 0.3 is 0 Å². The minimum atomic E-state index is 0.171. The highest BCUT2D eigenvalue weighted by molar-refractivity contribution is 4.94. The van der Waals surface area contributed by atoms with Crippen molar-refractivity contribution in [1.82, 2.24) is 5.32 Å². The third-order valence-corrected chi connectivity index (χ3v) is 4.10. The maximum Gasteiger partial charge on any atom is 0.0311 e. The summed E-state index contributed by atoms with van der Waals surface area (Å²) in [5.74, 6) is 1.42. The first-order valence-corrected chi connectivity index (χ1v) is 7.95. The van der Waals surface area contributed by atoms with Crippen molar-refractivity contribution in [1.29, 1.82) is 0 Å². The normalized spacial score (nSPS) is 18.8. The van der Waals surface area contributed by atoms with Gasteiger partial charge in [0, 0.05) is 18.1 Å². The van der Waals surface area contributed by atoms with Gasteiger partial charge in [0.2, 0.25) is 0 Å². The Morgan fingerprint density at radius 2 is 1.50 bits per heavy atom. The van der Waals surface area contributed by atoms with Gasteiger partial charge in [-0.2, -0.15) is 0 Å². The van der Waals surface area contributed by atoms with E-state index in [9.17, 15) is 0 Å². The van der Waals surface area contributed by atoms with Gasteiger partial charge in [0.25, 0.3) is 0 Å². The van der Waals surface area contributed by atoms with Gasteiger partial charge in [0.05, 0.1) is 0 Å². The number of hydrogen-bond donors (Lipinski definition) is 2. The van der Waals surface area contributed by atoms with Crippen LogP contribution in [-0.2, 0) is 0 Å². The van der Waals surface area contributed by atoms with E-state index in [1.54, 1.807) is 0 Å². The van der Waals surface area contributed by atoms with Crippen LogP contribution < -0.4 is 11.1 Å². The van der Waals surface area contributed by atoms with Crippen LogP contribution in [0.15, 0.2) is 0 Å². The largest absolute Gasteiger partial charge is 0.329 e. The molecule has 0 aromatic heterocycles. The van der Waals surface area contributed by atoms with Crippen LogP contribution in [0, 0.1) is 11.8 Å². The molecule has 3 N–H and O–H groups in total. The molecule has 0 saturated heterocycles. The van der Waals surface area contributed by atoms with Crippen molar-refractivity contribution in [3.63, 3.8) is 0 Å². The number of rotatable bonds is 7. The van der Waals surface area contributed by atoms with Crippen LogP contribution in [0.25, 0.3) is 0 Å². The fourth-order valence-corrected chi connectivity index (χ4v) is 3.67. The Balaban J connectivity index is 2.66. The number of nitrogens with one attached hydrogen (secondary N) is 1. The van der Waals surface area contributed by atoms with Gasteiger partial charge in [-0.05, 0) is 37.5 Å². The lowest BCUT2D eigenvalue weighted by Gasteiger charge is -2.41. The smallest absolute Gasteiger partial charge is 0.0311 e. The van der Waals surface area contributed by atoms with Crippen LogP contribution in [0.4, 0.5) is 0 Å². The van der Waals surface area contributed by atoms with Crippen molar-refractivity contribution in [3.05, 3.63) is 0 Å². The summed E-state index contributed by atoms with van der Waals surface area (Å²) in [5, 5.41) is 3.96. The third-order valence-electron chi connectivity index (χ3n) is 4.10. The molecule has 1 aliphatic carbocycles. The zero-order valence-corrected chi connectivity index (χ0v) is 13.0. The topological polar surface area (TPSA) is 38.0 Å². The highest BCUT2D eigenvalue weighted by atomic mass is 15.0. The third kappa shape index (κ3) is 5.27. The molecule has 2 heteroatoms. The van der Waals surface area contributed by atoms with Crippen LogP contribution in [-0.4, -0.2) is 18.1 Å². The van der Waals surface area contributed by atoms with Gasteiger partial charge in [-0.3, -0.25) is 0 Å². The van der Waals surface area contributed by atoms with Crippen LogP contribution in [0.2, 0.25) is 0 Å². The van der Waals surface area contributed by atoms with Crippen LogP contribution in [0.5, 0.6) is 0 Å². The summed E-state index contributed by atoms with van der Waals surface area (Å²) >= 11 is 0. The van der Waals surface area contributed by atoms with E-state index in [0.29, 0.717) is 17.9 Å². The Hall–Kier alpha value is -0.0800. The van der Waals surface area contributed by atoms with E-state index in [0.717, 1.165) is 6.54 Å². The molecule has 0 unspecified atom stereocenters. The minimum absolute atomic E-state index is 0.171. The average Bonchev–Trinajstić information content (AvgIpc) is 2.28. The fourth-order valence-electron chi connectivity index (χ4n) is 3.67. The maximum atomic E-state index is 6.16. The van der Waals surface area contributed by atoms with Crippen LogP contribution in [0.3, 0.4) is 0 Å². The van der Waals surface area contributed by atoms with Crippen LogP contribution in [0.1, 0.15) is 72.6 Å². The summed E-state index contributed by atoms with van der Waals surface area (Å²) in [4.78, 5) is 0. The van der Waals surface area contributed by atoms with Gasteiger partial charge < -0.3 is 11.1 Å². The molecule has 0 radical (unpaired) electrons. The predicted molar refractivity (Wildman–Crippen MR) is 80.7 cm³/mol. The van der Waals surface area contributed by atoms with E-state index in [2.05, 4.69) is 33.0 Å². The van der Waals surface area contributed by atoms with Crippen LogP contribution >= 0.6 is 0 Å². The molecule has 108 valence electrons. The lowest BCUT2D eigenvalue weighted by Crippen LogP contribution is -2.57. The molecule has 0 spiro atoms. The highest BCUT2D eigenvalue weighted by Crippen LogP contribution is 2.28. The monoisotopic (exact) mass is 254 g/mol. The average molecular weight is 254 g/mol. The van der Waals surface area contributed by atoms with Crippen molar-refractivity contribution in [2.45, 2.75) is 84.2 Å². The first-order chi connectivity index (χ1) is 8.47. The molecule has 0 aliphatic heterocycles. The van der Waals surface area contributed by atoms with Crippen molar-refractivity contribution >= 4 is 0 Å². The second kappa shape index (κ2) is 7.49. The molecule has 0 aromatic carbocycles. The molecular formula is C16H34N2. The van der Waals surface area contributed by atoms with Gasteiger partial charge in [0.1, 0.15) is 0 Å². The molecule has 1 rings (SSSR count). The molecule has 0 aromatic rings. The summed E-state index contributed by atoms with van der Waals surface area (Å²) in [6.45, 7) is 10.0. The predicted octanol–water partition coefficient (Wildman–Crippen LogP) is 3.70. The molecule has 1 fully saturated rings. The first kappa shape index (κ1) is 16.0. The summed E-state index contributed by atoms with van der Waals surface area (Å²) < 4.78 is 0. The minimum Gasteiger partial charge on any atom is -0.329 e. The van der Waals surface area contributed by atoms with Gasteiger partial charge in [-0.25, -0.2) is 0 Å². The van der Waals surface area contributed by atoms with E-state index in [4.69, 9.17) is 5.73 Å². The molecule has 0 atom stereocenters. The lowest BCUT2D eigenvalue weighted by atomic mass is 9.80. The zero-order chi connectivity index (χ0) is 13.6. The molecule has 0 amide bonds. The van der Waals surface area contributed by atoms with E-state index in [-0.39, 0.29) is 5.54 Å². The van der Waals surface area contributed by atoms with Crippen molar-refractivity contribution in [3.8, 4) is 0 Å². The zero-order valence-electron chi connectivity index (χ0n) is 13.0. The second-order valence-corrected chi connectivity index (χ2v) is 7.16. The maximum absolute atomic E-state index is 6.16. The SMILES string of the molecule is CC(C)CC(CN)(CC(C)C)NC1CCCCC1. The summed E-state index contributed by atoms with van der Waals surface area (Å²) in [7, 11) is 0. The molecular weight excluding hydrogens is 220 g/mol. The summed E-state index contributed by atoms with van der Waals surface area (Å²) in [5.41, 5.74) is 6.33. The fraction of sp³-hybridized carbons (Fsp3) is 1.00. The van der Waals surface area contributed by atoms with Gasteiger partial charge in [-0.1, -0.05) is 47.0 Å². The van der Waals surface area contributed by atoms with E-state index >= 15 is 0 Å². The summed E-state index contributed by atoms with van der Waals surface area (Å²) in [6, 6.07) is 0.708. The number of nitrogens with two attached hydrogens (primary N) is 1. The molecule has 1 saturated carbocycles. The lowest BCUT2D eigenvalue weighted by molar-refractivity contribution is 0.187. The molecule has 1 aliphatic rings. The Kier molecular flexibility index (Phi) is 6.65. The summed E-state index contributed by atoms with van der Waals surface area (Å²) in [6.07, 6.45) is 9.30. The standard InChI is InChI=1S/C16H34N2/c1-13(2)10-16(12-17,11-14(3)4)18-15-8-6-5-7-9-15/h13-15,18H,5-12,17H2,1-4H3. The first-order valence-electron chi connectivity index (χ1n) is 7.95. The van der Waals surface area contributed by atoms with Gasteiger partial charge in [-0.15, -0.1) is 0 Å². The second-order valence-electron chi connectivity index (χ2n) is 7.16. The van der Waals surface area contributed by atoms with E-state index in [1.807, 2.05) is 0 Å². The Bertz CT molecular complexity index is 207. The Morgan fingerprint density at radius 3 is 1.89 bits per heavy atom. The van der Waals surface area contributed by atoms with E-state index < -0.39 is 0 Å². The van der Waals surface area contributed by atoms with Gasteiger partial charge in [0.15, 0.2) is 0 Å².